The molecule has 0 unspecified atom stereocenters. The Labute approximate surface area is 190 Å². The summed E-state index contributed by atoms with van der Waals surface area (Å²) in [5.41, 5.74) is 1.43. The summed E-state index contributed by atoms with van der Waals surface area (Å²) in [6, 6.07) is 14.5. The van der Waals surface area contributed by atoms with E-state index in [1.54, 1.807) is 60.7 Å². The molecule has 0 fully saturated rings. The number of carbonyl (C=O) groups is 4. The molecular formula is C23H26N2O8. The van der Waals surface area contributed by atoms with E-state index in [9.17, 15) is 29.4 Å². The predicted molar refractivity (Wildman–Crippen MR) is 116 cm³/mol. The van der Waals surface area contributed by atoms with E-state index in [1.165, 1.54) is 6.92 Å². The Hall–Kier alpha value is -3.92. The number of aliphatic hydroxyl groups is 1. The van der Waals surface area contributed by atoms with E-state index in [0.29, 0.717) is 11.1 Å². The molecule has 2 aromatic rings. The Kier molecular flexibility index (Phi) is 9.84. The lowest BCUT2D eigenvalue weighted by atomic mass is 10.1. The predicted octanol–water partition coefficient (Wildman–Crippen LogP) is 1.37. The third kappa shape index (κ3) is 8.99. The summed E-state index contributed by atoms with van der Waals surface area (Å²) in [5.74, 6) is -3.31. The molecule has 10 nitrogen and oxygen atoms in total. The van der Waals surface area contributed by atoms with Gasteiger partial charge in [0.15, 0.2) is 0 Å². The van der Waals surface area contributed by atoms with Gasteiger partial charge in [-0.1, -0.05) is 60.7 Å². The number of benzene rings is 2. The van der Waals surface area contributed by atoms with Gasteiger partial charge in [-0.2, -0.15) is 0 Å². The van der Waals surface area contributed by atoms with Crippen LogP contribution >= 0.6 is 0 Å². The molecule has 0 radical (unpaired) electrons. The number of amides is 2. The molecule has 176 valence electrons. The van der Waals surface area contributed by atoms with Gasteiger partial charge in [0.2, 0.25) is 5.91 Å². The number of alkyl carbamates (subject to hydrolysis) is 1. The van der Waals surface area contributed by atoms with Gasteiger partial charge in [-0.25, -0.2) is 9.59 Å². The molecule has 0 aliphatic rings. The zero-order chi connectivity index (χ0) is 24.2. The van der Waals surface area contributed by atoms with Crippen LogP contribution in [0.5, 0.6) is 0 Å². The minimum absolute atomic E-state index is 0.0505. The van der Waals surface area contributed by atoms with Crippen molar-refractivity contribution in [2.75, 3.05) is 0 Å². The molecule has 2 amide bonds. The second-order valence-electron chi connectivity index (χ2n) is 7.17. The molecule has 3 atom stereocenters. The molecule has 0 saturated carbocycles. The number of rotatable bonds is 11. The minimum atomic E-state index is -1.62. The Morgan fingerprint density at radius 2 is 1.36 bits per heavy atom. The molecule has 0 aromatic heterocycles. The van der Waals surface area contributed by atoms with E-state index in [4.69, 9.17) is 9.47 Å². The smallest absolute Gasteiger partial charge is 0.408 e. The molecule has 33 heavy (non-hydrogen) atoms. The van der Waals surface area contributed by atoms with Crippen LogP contribution in [0.25, 0.3) is 0 Å². The summed E-state index contributed by atoms with van der Waals surface area (Å²) >= 11 is 0. The lowest BCUT2D eigenvalue weighted by Gasteiger charge is -2.22. The molecule has 0 aliphatic carbocycles. The first-order valence-electron chi connectivity index (χ1n) is 10.1. The minimum Gasteiger partial charge on any atom is -0.480 e. The van der Waals surface area contributed by atoms with Crippen molar-refractivity contribution < 1.29 is 38.9 Å². The highest BCUT2D eigenvalue weighted by molar-refractivity contribution is 5.91. The number of ether oxygens (including phenoxy) is 2. The third-order valence-electron chi connectivity index (χ3n) is 4.48. The average Bonchev–Trinajstić information content (AvgIpc) is 2.80. The van der Waals surface area contributed by atoms with Crippen LogP contribution in [-0.4, -0.2) is 52.3 Å². The number of carboxylic acids is 1. The van der Waals surface area contributed by atoms with Crippen molar-refractivity contribution in [2.45, 2.75) is 44.7 Å². The Morgan fingerprint density at radius 3 is 1.85 bits per heavy atom. The SMILES string of the molecule is C[C@@H](O)[C@H](NC(=O)OCc1ccccc1)C(=O)N[C@@H](CC(=O)OCc1ccccc1)C(=O)O. The lowest BCUT2D eigenvalue weighted by molar-refractivity contribution is -0.151. The fraction of sp³-hybridized carbons (Fsp3) is 0.304. The molecule has 0 saturated heterocycles. The second kappa shape index (κ2) is 12.8. The first kappa shape index (κ1) is 25.3. The van der Waals surface area contributed by atoms with Gasteiger partial charge in [-0.3, -0.25) is 9.59 Å². The van der Waals surface area contributed by atoms with Gasteiger partial charge >= 0.3 is 18.0 Å². The molecular weight excluding hydrogens is 432 g/mol. The standard InChI is InChI=1S/C23H26N2O8/c1-15(26)20(25-23(31)33-14-17-10-6-3-7-11-17)21(28)24-18(22(29)30)12-19(27)32-13-16-8-4-2-5-9-16/h2-11,15,18,20,26H,12-14H2,1H3,(H,24,28)(H,25,31)(H,29,30)/t15-,18+,20+/m1/s1. The van der Waals surface area contributed by atoms with Gasteiger partial charge in [0.25, 0.3) is 0 Å². The average molecular weight is 458 g/mol. The van der Waals surface area contributed by atoms with Crippen molar-refractivity contribution >= 4 is 23.9 Å². The van der Waals surface area contributed by atoms with Crippen LogP contribution in [0, 0.1) is 0 Å². The van der Waals surface area contributed by atoms with Gasteiger partial charge in [0, 0.05) is 0 Å². The fourth-order valence-corrected chi connectivity index (χ4v) is 2.72. The maximum Gasteiger partial charge on any atom is 0.408 e. The van der Waals surface area contributed by atoms with Crippen molar-refractivity contribution in [1.29, 1.82) is 0 Å². The number of hydrogen-bond acceptors (Lipinski definition) is 7. The second-order valence-corrected chi connectivity index (χ2v) is 7.17. The lowest BCUT2D eigenvalue weighted by Crippen LogP contribution is -2.56. The quantitative estimate of drug-likeness (QED) is 0.369. The van der Waals surface area contributed by atoms with E-state index in [0.717, 1.165) is 0 Å². The molecule has 2 rings (SSSR count). The number of carbonyl (C=O) groups excluding carboxylic acids is 3. The third-order valence-corrected chi connectivity index (χ3v) is 4.48. The summed E-state index contributed by atoms with van der Waals surface area (Å²) in [5, 5.41) is 23.6. The summed E-state index contributed by atoms with van der Waals surface area (Å²) in [6.45, 7) is 1.13. The maximum absolute atomic E-state index is 12.5. The van der Waals surface area contributed by atoms with E-state index >= 15 is 0 Å². The van der Waals surface area contributed by atoms with E-state index in [1.807, 2.05) is 0 Å². The van der Waals surface area contributed by atoms with Crippen LogP contribution in [0.2, 0.25) is 0 Å². The molecule has 0 spiro atoms. The normalized spacial score (nSPS) is 13.2. The van der Waals surface area contributed by atoms with Crippen LogP contribution in [0.1, 0.15) is 24.5 Å². The topological polar surface area (TPSA) is 151 Å². The highest BCUT2D eigenvalue weighted by Crippen LogP contribution is 2.05. The zero-order valence-electron chi connectivity index (χ0n) is 18.0. The molecule has 2 aromatic carbocycles. The Balaban J connectivity index is 1.89. The monoisotopic (exact) mass is 458 g/mol. The van der Waals surface area contributed by atoms with Crippen molar-refractivity contribution in [3.63, 3.8) is 0 Å². The van der Waals surface area contributed by atoms with Crippen LogP contribution in [-0.2, 0) is 37.1 Å². The molecule has 0 bridgehead atoms. The Morgan fingerprint density at radius 1 is 0.848 bits per heavy atom. The maximum atomic E-state index is 12.5. The zero-order valence-corrected chi connectivity index (χ0v) is 18.0. The highest BCUT2D eigenvalue weighted by atomic mass is 16.5. The number of esters is 1. The van der Waals surface area contributed by atoms with Crippen molar-refractivity contribution in [3.05, 3.63) is 71.8 Å². The van der Waals surface area contributed by atoms with Gasteiger partial charge in [-0.15, -0.1) is 0 Å². The summed E-state index contributed by atoms with van der Waals surface area (Å²) in [7, 11) is 0. The summed E-state index contributed by atoms with van der Waals surface area (Å²) in [6.07, 6.45) is -2.98. The first-order chi connectivity index (χ1) is 15.8. The Bertz CT molecular complexity index is 934. The van der Waals surface area contributed by atoms with Gasteiger partial charge < -0.3 is 30.3 Å². The van der Waals surface area contributed by atoms with Gasteiger partial charge in [-0.05, 0) is 18.1 Å². The molecule has 0 heterocycles. The number of aliphatic carboxylic acids is 1. The van der Waals surface area contributed by atoms with E-state index in [2.05, 4.69) is 10.6 Å². The summed E-state index contributed by atoms with van der Waals surface area (Å²) < 4.78 is 10.1. The number of aliphatic hydroxyl groups excluding tert-OH is 1. The fourth-order valence-electron chi connectivity index (χ4n) is 2.72. The largest absolute Gasteiger partial charge is 0.480 e. The van der Waals surface area contributed by atoms with Crippen molar-refractivity contribution in [1.82, 2.24) is 10.6 Å². The molecule has 0 aliphatic heterocycles. The molecule has 10 heteroatoms. The number of nitrogens with one attached hydrogen (secondary N) is 2. The van der Waals surface area contributed by atoms with Gasteiger partial charge in [0.05, 0.1) is 12.5 Å². The number of hydrogen-bond donors (Lipinski definition) is 4. The van der Waals surface area contributed by atoms with Crippen LogP contribution < -0.4 is 10.6 Å². The number of carboxylic acid groups (broad SMARTS) is 1. The highest BCUT2D eigenvalue weighted by Gasteiger charge is 2.31. The van der Waals surface area contributed by atoms with E-state index in [-0.39, 0.29) is 13.2 Å². The molecule has 4 N–H and O–H groups in total. The van der Waals surface area contributed by atoms with Crippen molar-refractivity contribution in [2.24, 2.45) is 0 Å². The first-order valence-corrected chi connectivity index (χ1v) is 10.1. The van der Waals surface area contributed by atoms with Crippen molar-refractivity contribution in [3.8, 4) is 0 Å². The van der Waals surface area contributed by atoms with Crippen LogP contribution in [0.15, 0.2) is 60.7 Å². The van der Waals surface area contributed by atoms with Crippen LogP contribution in [0.4, 0.5) is 4.79 Å². The van der Waals surface area contributed by atoms with E-state index < -0.39 is 48.5 Å². The van der Waals surface area contributed by atoms with Crippen LogP contribution in [0.3, 0.4) is 0 Å². The summed E-state index contributed by atoms with van der Waals surface area (Å²) in [4.78, 5) is 48.1. The van der Waals surface area contributed by atoms with Gasteiger partial charge in [0.1, 0.15) is 25.3 Å².